The predicted octanol–water partition coefficient (Wildman–Crippen LogP) is -0.268. The van der Waals surface area contributed by atoms with E-state index in [1.165, 1.54) is 11.3 Å². The number of urea groups is 1. The first-order valence-corrected chi connectivity index (χ1v) is 5.51. The lowest BCUT2D eigenvalue weighted by Crippen LogP contribution is -2.37. The van der Waals surface area contributed by atoms with Crippen molar-refractivity contribution < 1.29 is 19.1 Å². The van der Waals surface area contributed by atoms with E-state index >= 15 is 0 Å². The Morgan fingerprint density at radius 1 is 1.53 bits per heavy atom. The Morgan fingerprint density at radius 2 is 2.24 bits per heavy atom. The fourth-order valence-corrected chi connectivity index (χ4v) is 1.62. The number of nitrogens with two attached hydrogens (primary N) is 1. The van der Waals surface area contributed by atoms with Crippen molar-refractivity contribution >= 4 is 29.2 Å². The third-order valence-corrected chi connectivity index (χ3v) is 2.44. The molecule has 1 aromatic heterocycles. The molecule has 3 N–H and O–H groups in total. The Labute approximate surface area is 101 Å². The standard InChI is InChI=1S/C9H11N3O4S/c1-5-11-6(4-17-5)2-8(14)16-3-7(13)12-9(10)15/h4H,2-3H2,1H3,(H3,10,12,13,15). The van der Waals surface area contributed by atoms with Crippen LogP contribution < -0.4 is 11.1 Å². The number of hydrogen-bond donors (Lipinski definition) is 2. The number of nitrogens with one attached hydrogen (secondary N) is 1. The van der Waals surface area contributed by atoms with Crippen LogP contribution in [0, 0.1) is 6.92 Å². The highest BCUT2D eigenvalue weighted by Gasteiger charge is 2.11. The van der Waals surface area contributed by atoms with Crippen LogP contribution in [0.25, 0.3) is 0 Å². The molecule has 17 heavy (non-hydrogen) atoms. The third kappa shape index (κ3) is 5.07. The van der Waals surface area contributed by atoms with Gasteiger partial charge in [-0.05, 0) is 6.92 Å². The molecule has 92 valence electrons. The van der Waals surface area contributed by atoms with E-state index < -0.39 is 24.5 Å². The normalized spacial score (nSPS) is 9.71. The van der Waals surface area contributed by atoms with Gasteiger partial charge >= 0.3 is 12.0 Å². The van der Waals surface area contributed by atoms with Crippen LogP contribution in [0.2, 0.25) is 0 Å². The first-order chi connectivity index (χ1) is 7.97. The number of amides is 3. The van der Waals surface area contributed by atoms with Gasteiger partial charge in [0.2, 0.25) is 0 Å². The number of esters is 1. The molecule has 1 heterocycles. The molecular formula is C9H11N3O4S. The van der Waals surface area contributed by atoms with Crippen molar-refractivity contribution in [3.8, 4) is 0 Å². The van der Waals surface area contributed by atoms with Gasteiger partial charge < -0.3 is 10.5 Å². The van der Waals surface area contributed by atoms with Crippen LogP contribution in [0.5, 0.6) is 0 Å². The van der Waals surface area contributed by atoms with Crippen molar-refractivity contribution in [1.29, 1.82) is 0 Å². The highest BCUT2D eigenvalue weighted by Crippen LogP contribution is 2.08. The Bertz CT molecular complexity index is 443. The Morgan fingerprint density at radius 3 is 2.76 bits per heavy atom. The summed E-state index contributed by atoms with van der Waals surface area (Å²) in [6.07, 6.45) is -0.00576. The van der Waals surface area contributed by atoms with E-state index in [0.29, 0.717) is 5.69 Å². The highest BCUT2D eigenvalue weighted by molar-refractivity contribution is 7.09. The maximum Gasteiger partial charge on any atom is 0.318 e. The van der Waals surface area contributed by atoms with Crippen LogP contribution in [-0.4, -0.2) is 29.5 Å². The van der Waals surface area contributed by atoms with Gasteiger partial charge in [0.05, 0.1) is 17.1 Å². The van der Waals surface area contributed by atoms with Crippen molar-refractivity contribution in [3.05, 3.63) is 16.1 Å². The summed E-state index contributed by atoms with van der Waals surface area (Å²) in [7, 11) is 0. The number of imide groups is 1. The fourth-order valence-electron chi connectivity index (χ4n) is 1.01. The first kappa shape index (κ1) is 13.1. The van der Waals surface area contributed by atoms with E-state index in [-0.39, 0.29) is 6.42 Å². The van der Waals surface area contributed by atoms with Crippen LogP contribution in [0.15, 0.2) is 5.38 Å². The molecule has 0 radical (unpaired) electrons. The summed E-state index contributed by atoms with van der Waals surface area (Å²) in [5, 5.41) is 4.36. The topological polar surface area (TPSA) is 111 Å². The highest BCUT2D eigenvalue weighted by atomic mass is 32.1. The minimum absolute atomic E-state index is 0.00576. The van der Waals surface area contributed by atoms with Gasteiger partial charge in [-0.3, -0.25) is 14.9 Å². The van der Waals surface area contributed by atoms with Crippen molar-refractivity contribution in [2.24, 2.45) is 5.73 Å². The van der Waals surface area contributed by atoms with E-state index in [1.54, 1.807) is 10.7 Å². The quantitative estimate of drug-likeness (QED) is 0.721. The summed E-state index contributed by atoms with van der Waals surface area (Å²) in [6.45, 7) is 1.28. The lowest BCUT2D eigenvalue weighted by Gasteiger charge is -2.02. The molecule has 0 aliphatic heterocycles. The van der Waals surface area contributed by atoms with Crippen molar-refractivity contribution in [3.63, 3.8) is 0 Å². The number of rotatable bonds is 4. The molecular weight excluding hydrogens is 246 g/mol. The van der Waals surface area contributed by atoms with E-state index in [9.17, 15) is 14.4 Å². The molecule has 0 fully saturated rings. The second-order valence-electron chi connectivity index (χ2n) is 3.11. The second-order valence-corrected chi connectivity index (χ2v) is 4.17. The number of hydrogen-bond acceptors (Lipinski definition) is 6. The van der Waals surface area contributed by atoms with Crippen LogP contribution in [0.3, 0.4) is 0 Å². The number of carbonyl (C=O) groups excluding carboxylic acids is 3. The maximum atomic E-state index is 11.3. The molecule has 0 unspecified atom stereocenters. The lowest BCUT2D eigenvalue weighted by atomic mass is 10.3. The molecule has 0 saturated heterocycles. The van der Waals surface area contributed by atoms with E-state index in [4.69, 9.17) is 5.73 Å². The van der Waals surface area contributed by atoms with Gasteiger partial charge in [0.15, 0.2) is 6.61 Å². The van der Waals surface area contributed by atoms with Gasteiger partial charge in [0.25, 0.3) is 5.91 Å². The van der Waals surface area contributed by atoms with Gasteiger partial charge in [-0.2, -0.15) is 0 Å². The lowest BCUT2D eigenvalue weighted by molar-refractivity contribution is -0.147. The minimum atomic E-state index is -0.985. The number of aryl methyl sites for hydroxylation is 1. The summed E-state index contributed by atoms with van der Waals surface area (Å²) in [6, 6.07) is -0.985. The van der Waals surface area contributed by atoms with Crippen LogP contribution >= 0.6 is 11.3 Å². The Balaban J connectivity index is 2.30. The van der Waals surface area contributed by atoms with E-state index in [0.717, 1.165) is 5.01 Å². The van der Waals surface area contributed by atoms with Crippen molar-refractivity contribution in [2.75, 3.05) is 6.61 Å². The molecule has 1 rings (SSSR count). The third-order valence-electron chi connectivity index (χ3n) is 1.62. The average Bonchev–Trinajstić information content (AvgIpc) is 2.60. The summed E-state index contributed by atoms with van der Waals surface area (Å²) in [4.78, 5) is 36.5. The number of nitrogens with zero attached hydrogens (tertiary/aromatic N) is 1. The number of thiazole rings is 1. The zero-order valence-electron chi connectivity index (χ0n) is 9.06. The fraction of sp³-hybridized carbons (Fsp3) is 0.333. The zero-order valence-corrected chi connectivity index (χ0v) is 9.87. The minimum Gasteiger partial charge on any atom is -0.455 e. The Hall–Kier alpha value is -1.96. The Kier molecular flexibility index (Phi) is 4.58. The molecule has 0 bridgehead atoms. The summed E-state index contributed by atoms with van der Waals surface area (Å²) in [5.41, 5.74) is 5.30. The summed E-state index contributed by atoms with van der Waals surface area (Å²) in [5.74, 6) is -1.35. The molecule has 1 aromatic rings. The van der Waals surface area contributed by atoms with Gasteiger partial charge in [-0.25, -0.2) is 9.78 Å². The molecule has 0 spiro atoms. The summed E-state index contributed by atoms with van der Waals surface area (Å²) < 4.78 is 4.62. The van der Waals surface area contributed by atoms with Gasteiger partial charge in [-0.15, -0.1) is 11.3 Å². The van der Waals surface area contributed by atoms with Gasteiger partial charge in [-0.1, -0.05) is 0 Å². The van der Waals surface area contributed by atoms with Crippen LogP contribution in [0.4, 0.5) is 4.79 Å². The number of carbonyl (C=O) groups is 3. The molecule has 0 saturated carbocycles. The molecule has 0 aromatic carbocycles. The molecule has 7 nitrogen and oxygen atoms in total. The largest absolute Gasteiger partial charge is 0.455 e. The van der Waals surface area contributed by atoms with Crippen LogP contribution in [-0.2, 0) is 20.7 Å². The predicted molar refractivity (Wildman–Crippen MR) is 59.2 cm³/mol. The molecule has 0 aliphatic rings. The number of ether oxygens (including phenoxy) is 1. The van der Waals surface area contributed by atoms with Gasteiger partial charge in [0, 0.05) is 5.38 Å². The maximum absolute atomic E-state index is 11.3. The van der Waals surface area contributed by atoms with E-state index in [2.05, 4.69) is 9.72 Å². The SMILES string of the molecule is Cc1nc(CC(=O)OCC(=O)NC(N)=O)cs1. The van der Waals surface area contributed by atoms with Crippen molar-refractivity contribution in [1.82, 2.24) is 10.3 Å². The zero-order chi connectivity index (χ0) is 12.8. The average molecular weight is 257 g/mol. The monoisotopic (exact) mass is 257 g/mol. The van der Waals surface area contributed by atoms with Crippen LogP contribution in [0.1, 0.15) is 10.7 Å². The molecule has 8 heteroatoms. The number of primary amides is 1. The first-order valence-electron chi connectivity index (χ1n) is 4.63. The number of aromatic nitrogens is 1. The second kappa shape index (κ2) is 5.94. The van der Waals surface area contributed by atoms with Crippen molar-refractivity contribution in [2.45, 2.75) is 13.3 Å². The smallest absolute Gasteiger partial charge is 0.318 e. The summed E-state index contributed by atoms with van der Waals surface area (Å²) >= 11 is 1.42. The molecule has 0 atom stereocenters. The molecule has 0 aliphatic carbocycles. The molecule has 3 amide bonds. The van der Waals surface area contributed by atoms with Gasteiger partial charge in [0.1, 0.15) is 0 Å². The van der Waals surface area contributed by atoms with E-state index in [1.807, 2.05) is 6.92 Å².